The molecule has 0 saturated heterocycles. The van der Waals surface area contributed by atoms with Gasteiger partial charge in [0.15, 0.2) is 11.0 Å². The summed E-state index contributed by atoms with van der Waals surface area (Å²) < 4.78 is 2.30. The zero-order valence-electron chi connectivity index (χ0n) is 17.0. The number of thiazole rings is 1. The van der Waals surface area contributed by atoms with Gasteiger partial charge in [-0.2, -0.15) is 0 Å². The average Bonchev–Trinajstić information content (AvgIpc) is 3.33. The highest BCUT2D eigenvalue weighted by Gasteiger charge is 2.22. The molecule has 0 N–H and O–H groups in total. The van der Waals surface area contributed by atoms with Gasteiger partial charge in [-0.3, -0.25) is 9.88 Å². The van der Waals surface area contributed by atoms with Gasteiger partial charge < -0.3 is 4.57 Å². The molecule has 0 bridgehead atoms. The third-order valence-corrected chi connectivity index (χ3v) is 6.49. The van der Waals surface area contributed by atoms with Gasteiger partial charge in [0.05, 0.1) is 17.4 Å². The Morgan fingerprint density at radius 1 is 1.21 bits per heavy atom. The monoisotopic (exact) mass is 416 g/mol. The molecule has 6 nitrogen and oxygen atoms in total. The minimum Gasteiger partial charge on any atom is -0.305 e. The van der Waals surface area contributed by atoms with Crippen LogP contribution in [0.2, 0.25) is 0 Å². The van der Waals surface area contributed by atoms with Gasteiger partial charge in [-0.1, -0.05) is 38.1 Å². The van der Waals surface area contributed by atoms with Crippen molar-refractivity contribution in [3.63, 3.8) is 0 Å². The molecule has 150 valence electrons. The van der Waals surface area contributed by atoms with Crippen LogP contribution in [0.3, 0.4) is 0 Å². The van der Waals surface area contributed by atoms with Crippen molar-refractivity contribution in [2.24, 2.45) is 0 Å². The number of nitrogens with zero attached hydrogens (tertiary/aromatic N) is 6. The Hall–Kier alpha value is -1.77. The predicted molar refractivity (Wildman–Crippen MR) is 117 cm³/mol. The molecule has 0 saturated carbocycles. The summed E-state index contributed by atoms with van der Waals surface area (Å²) in [4.78, 5) is 11.4. The number of pyridine rings is 1. The second-order valence-electron chi connectivity index (χ2n) is 6.88. The van der Waals surface area contributed by atoms with E-state index in [1.54, 1.807) is 29.3 Å². The van der Waals surface area contributed by atoms with E-state index in [1.165, 1.54) is 0 Å². The maximum atomic E-state index is 4.74. The number of aromatic nitrogens is 5. The summed E-state index contributed by atoms with van der Waals surface area (Å²) in [5.74, 6) is 1.85. The Kier molecular flexibility index (Phi) is 7.58. The van der Waals surface area contributed by atoms with Crippen molar-refractivity contribution in [3.8, 4) is 10.7 Å². The zero-order chi connectivity index (χ0) is 19.9. The lowest BCUT2D eigenvalue weighted by Crippen LogP contribution is -2.23. The van der Waals surface area contributed by atoms with Gasteiger partial charge in [-0.05, 0) is 39.1 Å². The molecule has 1 atom stereocenters. The molecule has 1 unspecified atom stereocenters. The first-order valence-electron chi connectivity index (χ1n) is 9.72. The Labute approximate surface area is 175 Å². The Morgan fingerprint density at radius 2 is 2.07 bits per heavy atom. The third kappa shape index (κ3) is 4.98. The average molecular weight is 417 g/mol. The summed E-state index contributed by atoms with van der Waals surface area (Å²) in [5, 5.41) is 13.1. The number of rotatable bonds is 10. The maximum Gasteiger partial charge on any atom is 0.191 e. The first kappa shape index (κ1) is 21.0. The Balaban J connectivity index is 1.75. The molecule has 0 aromatic carbocycles. The standard InChI is InChI=1S/C20H28N6S2/c1-5-7-12-26-18(17(6-2)25(3)4)23-24-20(26)28-14-15-13-27-19(22-15)16-10-8-9-11-21-16/h8-11,13,17H,5-7,12,14H2,1-4H3. The van der Waals surface area contributed by atoms with Gasteiger partial charge in [-0.15, -0.1) is 21.5 Å². The molecule has 28 heavy (non-hydrogen) atoms. The highest BCUT2D eigenvalue weighted by molar-refractivity contribution is 7.98. The van der Waals surface area contributed by atoms with E-state index >= 15 is 0 Å². The number of thioether (sulfide) groups is 1. The first-order valence-corrected chi connectivity index (χ1v) is 11.6. The van der Waals surface area contributed by atoms with Crippen molar-refractivity contribution in [2.45, 2.75) is 56.6 Å². The molecule has 0 amide bonds. The molecule has 0 radical (unpaired) electrons. The van der Waals surface area contributed by atoms with Gasteiger partial charge in [0.25, 0.3) is 0 Å². The molecular weight excluding hydrogens is 388 g/mol. The van der Waals surface area contributed by atoms with Crippen molar-refractivity contribution < 1.29 is 0 Å². The summed E-state index contributed by atoms with van der Waals surface area (Å²) in [6.07, 6.45) is 5.10. The summed E-state index contributed by atoms with van der Waals surface area (Å²) in [7, 11) is 4.21. The van der Waals surface area contributed by atoms with Crippen LogP contribution in [0.25, 0.3) is 10.7 Å². The minimum absolute atomic E-state index is 0.286. The Morgan fingerprint density at radius 3 is 2.75 bits per heavy atom. The van der Waals surface area contributed by atoms with Gasteiger partial charge >= 0.3 is 0 Å². The van der Waals surface area contributed by atoms with Gasteiger partial charge in [0.1, 0.15) is 5.01 Å². The highest BCUT2D eigenvalue weighted by Crippen LogP contribution is 2.29. The third-order valence-electron chi connectivity index (χ3n) is 4.57. The maximum absolute atomic E-state index is 4.74. The number of hydrogen-bond acceptors (Lipinski definition) is 7. The number of unbranched alkanes of at least 4 members (excludes halogenated alkanes) is 1. The van der Waals surface area contributed by atoms with Crippen LogP contribution in [0, 0.1) is 0 Å². The fourth-order valence-corrected chi connectivity index (χ4v) is 4.84. The molecule has 3 heterocycles. The highest BCUT2D eigenvalue weighted by atomic mass is 32.2. The fourth-order valence-electron chi connectivity index (χ4n) is 3.08. The van der Waals surface area contributed by atoms with Crippen LogP contribution < -0.4 is 0 Å². The lowest BCUT2D eigenvalue weighted by atomic mass is 10.2. The lowest BCUT2D eigenvalue weighted by molar-refractivity contribution is 0.270. The van der Waals surface area contributed by atoms with E-state index in [1.807, 2.05) is 18.2 Å². The second-order valence-corrected chi connectivity index (χ2v) is 8.68. The molecule has 3 aromatic rings. The largest absolute Gasteiger partial charge is 0.305 e. The van der Waals surface area contributed by atoms with Crippen molar-refractivity contribution in [2.75, 3.05) is 14.1 Å². The van der Waals surface area contributed by atoms with Gasteiger partial charge in [-0.25, -0.2) is 4.98 Å². The molecule has 0 spiro atoms. The van der Waals surface area contributed by atoms with Crippen molar-refractivity contribution in [3.05, 3.63) is 41.3 Å². The molecule has 0 aliphatic heterocycles. The lowest BCUT2D eigenvalue weighted by Gasteiger charge is -2.23. The predicted octanol–water partition coefficient (Wildman–Crippen LogP) is 4.90. The van der Waals surface area contributed by atoms with E-state index in [0.29, 0.717) is 0 Å². The summed E-state index contributed by atoms with van der Waals surface area (Å²) in [6.45, 7) is 5.38. The van der Waals surface area contributed by atoms with E-state index in [9.17, 15) is 0 Å². The van der Waals surface area contributed by atoms with E-state index in [-0.39, 0.29) is 6.04 Å². The van der Waals surface area contributed by atoms with Crippen molar-refractivity contribution in [1.29, 1.82) is 0 Å². The second kappa shape index (κ2) is 10.1. The van der Waals surface area contributed by atoms with E-state index in [4.69, 9.17) is 4.98 Å². The number of hydrogen-bond donors (Lipinski definition) is 0. The van der Waals surface area contributed by atoms with Crippen molar-refractivity contribution in [1.82, 2.24) is 29.6 Å². The van der Waals surface area contributed by atoms with E-state index < -0.39 is 0 Å². The van der Waals surface area contributed by atoms with Crippen LogP contribution in [-0.2, 0) is 12.3 Å². The first-order chi connectivity index (χ1) is 13.6. The molecule has 0 aliphatic carbocycles. The van der Waals surface area contributed by atoms with Crippen LogP contribution in [0.1, 0.15) is 50.7 Å². The zero-order valence-corrected chi connectivity index (χ0v) is 18.6. The summed E-state index contributed by atoms with van der Waals surface area (Å²) in [6, 6.07) is 6.19. The SMILES string of the molecule is CCCCn1c(SCc2csc(-c3ccccn3)n2)nnc1C(CC)N(C)C. The normalized spacial score (nSPS) is 12.6. The van der Waals surface area contributed by atoms with Crippen LogP contribution in [0.5, 0.6) is 0 Å². The molecule has 8 heteroatoms. The van der Waals surface area contributed by atoms with E-state index in [0.717, 1.165) is 58.9 Å². The Bertz CT molecular complexity index is 859. The molecule has 0 fully saturated rings. The van der Waals surface area contributed by atoms with E-state index in [2.05, 4.69) is 58.0 Å². The smallest absolute Gasteiger partial charge is 0.191 e. The van der Waals surface area contributed by atoms with Crippen LogP contribution in [0.15, 0.2) is 34.9 Å². The van der Waals surface area contributed by atoms with Crippen LogP contribution >= 0.6 is 23.1 Å². The summed E-state index contributed by atoms with van der Waals surface area (Å²) >= 11 is 3.35. The topological polar surface area (TPSA) is 59.7 Å². The van der Waals surface area contributed by atoms with Crippen LogP contribution in [0.4, 0.5) is 0 Å². The molecular formula is C20H28N6S2. The van der Waals surface area contributed by atoms with Gasteiger partial charge in [0, 0.05) is 23.9 Å². The summed E-state index contributed by atoms with van der Waals surface area (Å²) in [5.41, 5.74) is 1.98. The molecule has 3 rings (SSSR count). The molecule has 0 aliphatic rings. The van der Waals surface area contributed by atoms with Crippen molar-refractivity contribution >= 4 is 23.1 Å². The van der Waals surface area contributed by atoms with Crippen LogP contribution in [-0.4, -0.2) is 43.7 Å². The van der Waals surface area contributed by atoms with Gasteiger partial charge in [0.2, 0.25) is 0 Å². The fraction of sp³-hybridized carbons (Fsp3) is 0.500. The minimum atomic E-state index is 0.286. The molecule has 3 aromatic heterocycles. The quantitative estimate of drug-likeness (QED) is 0.438.